The van der Waals surface area contributed by atoms with Crippen molar-refractivity contribution in [3.63, 3.8) is 0 Å². The summed E-state index contributed by atoms with van der Waals surface area (Å²) in [4.78, 5) is 0. The highest BCUT2D eigenvalue weighted by atomic mass is 32.2. The van der Waals surface area contributed by atoms with Gasteiger partial charge in [0.1, 0.15) is 5.75 Å². The van der Waals surface area contributed by atoms with E-state index in [4.69, 9.17) is 5.84 Å². The van der Waals surface area contributed by atoms with E-state index in [-0.39, 0.29) is 5.56 Å². The summed E-state index contributed by atoms with van der Waals surface area (Å²) in [6.45, 7) is 2.87. The molecule has 1 atom stereocenters. The monoisotopic (exact) mass is 326 g/mol. The molecule has 5 nitrogen and oxygen atoms in total. The SMILES string of the molecule is CC(C)(C(NN)c1cccc(OC(F)(F)F)c1)S(C)(=O)=O. The standard InChI is InChI=1S/C12H17F3N2O3S/c1-11(2,21(3,18)19)10(17-16)8-5-4-6-9(7-8)20-12(13,14)15/h4-7,10,17H,16H2,1-3H3. The van der Waals surface area contributed by atoms with Crippen molar-refractivity contribution in [3.05, 3.63) is 29.8 Å². The molecule has 0 radical (unpaired) electrons. The summed E-state index contributed by atoms with van der Waals surface area (Å²) in [7, 11) is -3.52. The third kappa shape index (κ3) is 4.32. The highest BCUT2D eigenvalue weighted by molar-refractivity contribution is 7.92. The lowest BCUT2D eigenvalue weighted by atomic mass is 9.95. The van der Waals surface area contributed by atoms with Crippen LogP contribution in [0.5, 0.6) is 5.75 Å². The minimum Gasteiger partial charge on any atom is -0.406 e. The molecule has 1 unspecified atom stereocenters. The number of nitrogens with two attached hydrogens (primary N) is 1. The number of hydrogen-bond donors (Lipinski definition) is 2. The lowest BCUT2D eigenvalue weighted by Crippen LogP contribution is -2.47. The maximum Gasteiger partial charge on any atom is 0.573 e. The van der Waals surface area contributed by atoms with Gasteiger partial charge in [0.2, 0.25) is 0 Å². The molecule has 0 saturated heterocycles. The zero-order chi connectivity index (χ0) is 16.5. The Bertz CT molecular complexity index is 600. The van der Waals surface area contributed by atoms with Crippen LogP contribution < -0.4 is 16.0 Å². The first kappa shape index (κ1) is 17.7. The second-order valence-electron chi connectivity index (χ2n) is 5.10. The number of rotatable bonds is 5. The van der Waals surface area contributed by atoms with Crippen LogP contribution in [0.2, 0.25) is 0 Å². The van der Waals surface area contributed by atoms with Gasteiger partial charge in [-0.1, -0.05) is 12.1 Å². The van der Waals surface area contributed by atoms with Crippen molar-refractivity contribution in [1.29, 1.82) is 0 Å². The topological polar surface area (TPSA) is 81.4 Å². The molecule has 0 aliphatic rings. The average Bonchev–Trinajstić information content (AvgIpc) is 2.26. The molecule has 0 aromatic heterocycles. The molecule has 0 saturated carbocycles. The summed E-state index contributed by atoms with van der Waals surface area (Å²) < 4.78 is 62.8. The molecule has 21 heavy (non-hydrogen) atoms. The van der Waals surface area contributed by atoms with Crippen LogP contribution in [0.25, 0.3) is 0 Å². The lowest BCUT2D eigenvalue weighted by Gasteiger charge is -2.32. The lowest BCUT2D eigenvalue weighted by molar-refractivity contribution is -0.274. The molecule has 0 aliphatic heterocycles. The molecule has 0 aliphatic carbocycles. The Morgan fingerprint density at radius 2 is 1.86 bits per heavy atom. The number of hydrazine groups is 1. The number of halogens is 3. The second kappa shape index (κ2) is 5.82. The molecule has 0 bridgehead atoms. The average molecular weight is 326 g/mol. The molecule has 0 fully saturated rings. The minimum atomic E-state index is -4.82. The summed E-state index contributed by atoms with van der Waals surface area (Å²) in [6.07, 6.45) is -3.79. The summed E-state index contributed by atoms with van der Waals surface area (Å²) in [5, 5.41) is 0. The third-order valence-corrected chi connectivity index (χ3v) is 5.39. The largest absolute Gasteiger partial charge is 0.573 e. The first-order chi connectivity index (χ1) is 9.38. The van der Waals surface area contributed by atoms with Crippen LogP contribution in [0, 0.1) is 0 Å². The molecule has 1 rings (SSSR count). The Morgan fingerprint density at radius 1 is 1.29 bits per heavy atom. The molecule has 120 valence electrons. The quantitative estimate of drug-likeness (QED) is 0.638. The van der Waals surface area contributed by atoms with E-state index >= 15 is 0 Å². The predicted octanol–water partition coefficient (Wildman–Crippen LogP) is 1.91. The molecule has 3 N–H and O–H groups in total. The normalized spacial score (nSPS) is 14.8. The number of sulfone groups is 1. The van der Waals surface area contributed by atoms with E-state index in [2.05, 4.69) is 10.2 Å². The van der Waals surface area contributed by atoms with Gasteiger partial charge < -0.3 is 4.74 Å². The molecule has 0 heterocycles. The summed E-state index contributed by atoms with van der Waals surface area (Å²) >= 11 is 0. The first-order valence-electron chi connectivity index (χ1n) is 5.90. The number of hydrogen-bond acceptors (Lipinski definition) is 5. The Hall–Kier alpha value is -1.32. The van der Waals surface area contributed by atoms with Crippen LogP contribution in [0.3, 0.4) is 0 Å². The van der Waals surface area contributed by atoms with Gasteiger partial charge in [0, 0.05) is 6.26 Å². The molecule has 1 aromatic carbocycles. The van der Waals surface area contributed by atoms with Crippen molar-refractivity contribution in [2.45, 2.75) is 31.0 Å². The maximum atomic E-state index is 12.2. The molecular formula is C12H17F3N2O3S. The third-order valence-electron chi connectivity index (χ3n) is 3.24. The molecular weight excluding hydrogens is 309 g/mol. The summed E-state index contributed by atoms with van der Waals surface area (Å²) in [5.41, 5.74) is 2.61. The number of alkyl halides is 3. The smallest absolute Gasteiger partial charge is 0.406 e. The Morgan fingerprint density at radius 3 is 2.29 bits per heavy atom. The fourth-order valence-electron chi connectivity index (χ4n) is 1.80. The Labute approximate surface area is 121 Å². The van der Waals surface area contributed by atoms with Crippen molar-refractivity contribution in [3.8, 4) is 5.75 Å². The van der Waals surface area contributed by atoms with Crippen LogP contribution in [0.1, 0.15) is 25.5 Å². The van der Waals surface area contributed by atoms with E-state index in [0.717, 1.165) is 18.4 Å². The van der Waals surface area contributed by atoms with Crippen molar-refractivity contribution in [2.24, 2.45) is 5.84 Å². The van der Waals surface area contributed by atoms with Gasteiger partial charge in [-0.3, -0.25) is 11.3 Å². The second-order valence-corrected chi connectivity index (χ2v) is 7.69. The van der Waals surface area contributed by atoms with E-state index in [9.17, 15) is 21.6 Å². The maximum absolute atomic E-state index is 12.2. The Balaban J connectivity index is 3.22. The number of nitrogens with one attached hydrogen (secondary N) is 1. The van der Waals surface area contributed by atoms with Gasteiger partial charge in [-0.2, -0.15) is 0 Å². The minimum absolute atomic E-state index is 0.273. The van der Waals surface area contributed by atoms with Crippen LogP contribution in [0.15, 0.2) is 24.3 Å². The van der Waals surface area contributed by atoms with Crippen molar-refractivity contribution in [1.82, 2.24) is 5.43 Å². The fraction of sp³-hybridized carbons (Fsp3) is 0.500. The molecule has 1 aromatic rings. The van der Waals surface area contributed by atoms with Crippen LogP contribution >= 0.6 is 0 Å². The summed E-state index contributed by atoms with van der Waals surface area (Å²) in [5.74, 6) is 4.95. The molecule has 0 spiro atoms. The van der Waals surface area contributed by atoms with Gasteiger partial charge >= 0.3 is 6.36 Å². The van der Waals surface area contributed by atoms with E-state index < -0.39 is 32.7 Å². The predicted molar refractivity (Wildman–Crippen MR) is 72.1 cm³/mol. The molecule has 9 heteroatoms. The first-order valence-corrected chi connectivity index (χ1v) is 7.79. The zero-order valence-electron chi connectivity index (χ0n) is 11.7. The van der Waals surface area contributed by atoms with Gasteiger partial charge in [0.15, 0.2) is 9.84 Å². The van der Waals surface area contributed by atoms with Gasteiger partial charge in [-0.25, -0.2) is 8.42 Å². The van der Waals surface area contributed by atoms with Crippen LogP contribution in [0.4, 0.5) is 13.2 Å². The van der Waals surface area contributed by atoms with E-state index in [1.54, 1.807) is 0 Å². The van der Waals surface area contributed by atoms with Gasteiger partial charge in [-0.05, 0) is 31.5 Å². The van der Waals surface area contributed by atoms with Crippen molar-refractivity contribution < 1.29 is 26.3 Å². The molecule has 0 amide bonds. The zero-order valence-corrected chi connectivity index (χ0v) is 12.5. The number of benzene rings is 1. The highest BCUT2D eigenvalue weighted by Crippen LogP contribution is 2.34. The summed E-state index contributed by atoms with van der Waals surface area (Å²) in [6, 6.07) is 4.13. The van der Waals surface area contributed by atoms with E-state index in [1.165, 1.54) is 26.0 Å². The van der Waals surface area contributed by atoms with Gasteiger partial charge in [0.05, 0.1) is 10.8 Å². The van der Waals surface area contributed by atoms with Gasteiger partial charge in [0.25, 0.3) is 0 Å². The fourth-order valence-corrected chi connectivity index (χ4v) is 2.44. The Kier molecular flexibility index (Phi) is 4.91. The van der Waals surface area contributed by atoms with E-state index in [1.807, 2.05) is 0 Å². The highest BCUT2D eigenvalue weighted by Gasteiger charge is 2.40. The van der Waals surface area contributed by atoms with Crippen LogP contribution in [-0.2, 0) is 9.84 Å². The van der Waals surface area contributed by atoms with E-state index in [0.29, 0.717) is 0 Å². The van der Waals surface area contributed by atoms with Gasteiger partial charge in [-0.15, -0.1) is 13.2 Å². The van der Waals surface area contributed by atoms with Crippen molar-refractivity contribution >= 4 is 9.84 Å². The van der Waals surface area contributed by atoms with Crippen LogP contribution in [-0.4, -0.2) is 25.8 Å². The number of ether oxygens (including phenoxy) is 1. The van der Waals surface area contributed by atoms with Crippen molar-refractivity contribution in [2.75, 3.05) is 6.26 Å².